The molecule has 8 unspecified atom stereocenters. The SMILES string of the molecule is O=C1C2(Cl)C3C=CC(C3)C2(Cl)C(=O)C2(Cl)C3C=CC(C3)C12Cl. The molecule has 3 fully saturated rings. The summed E-state index contributed by atoms with van der Waals surface area (Å²) in [7, 11) is 0. The summed E-state index contributed by atoms with van der Waals surface area (Å²) in [5.41, 5.74) is 0. The molecule has 3 saturated carbocycles. The van der Waals surface area contributed by atoms with Crippen molar-refractivity contribution in [1.82, 2.24) is 0 Å². The lowest BCUT2D eigenvalue weighted by Crippen LogP contribution is -2.78. The Kier molecular flexibility index (Phi) is 2.37. The van der Waals surface area contributed by atoms with E-state index in [4.69, 9.17) is 46.4 Å². The van der Waals surface area contributed by atoms with Crippen LogP contribution in [0, 0.1) is 23.7 Å². The molecule has 0 aromatic carbocycles. The summed E-state index contributed by atoms with van der Waals surface area (Å²) in [6.07, 6.45) is 8.80. The molecule has 0 N–H and O–H groups in total. The molecule has 0 aromatic heterocycles. The maximum atomic E-state index is 13.4. The van der Waals surface area contributed by atoms with Gasteiger partial charge in [0, 0.05) is 23.7 Å². The molecule has 0 aromatic rings. The molecule has 22 heavy (non-hydrogen) atoms. The van der Waals surface area contributed by atoms with E-state index < -0.39 is 19.5 Å². The van der Waals surface area contributed by atoms with Gasteiger partial charge in [-0.25, -0.2) is 0 Å². The maximum absolute atomic E-state index is 13.4. The van der Waals surface area contributed by atoms with Crippen LogP contribution in [-0.4, -0.2) is 31.1 Å². The van der Waals surface area contributed by atoms with Crippen LogP contribution in [-0.2, 0) is 9.59 Å². The van der Waals surface area contributed by atoms with Gasteiger partial charge in [0.2, 0.25) is 0 Å². The Balaban J connectivity index is 1.84. The van der Waals surface area contributed by atoms with Crippen LogP contribution < -0.4 is 0 Å². The van der Waals surface area contributed by atoms with Crippen LogP contribution in [0.4, 0.5) is 0 Å². The van der Waals surface area contributed by atoms with E-state index in [0.717, 1.165) is 0 Å². The van der Waals surface area contributed by atoms with Crippen LogP contribution in [0.5, 0.6) is 0 Å². The Labute approximate surface area is 147 Å². The average Bonchev–Trinajstić information content (AvgIpc) is 3.23. The largest absolute Gasteiger partial charge is 0.295 e. The third-order valence-electron chi connectivity index (χ3n) is 6.59. The minimum atomic E-state index is -1.48. The second-order valence-electron chi connectivity index (χ2n) is 7.17. The summed E-state index contributed by atoms with van der Waals surface area (Å²) < 4.78 is 0. The fourth-order valence-electron chi connectivity index (χ4n) is 5.52. The molecular formula is C16H12Cl4O2. The van der Waals surface area contributed by atoms with E-state index in [1.807, 2.05) is 24.3 Å². The molecule has 0 heterocycles. The van der Waals surface area contributed by atoms with E-state index in [0.29, 0.717) is 12.8 Å². The van der Waals surface area contributed by atoms with Crippen LogP contribution in [0.25, 0.3) is 0 Å². The molecule has 5 rings (SSSR count). The molecule has 0 radical (unpaired) electrons. The lowest BCUT2D eigenvalue weighted by atomic mass is 9.58. The number of hydrogen-bond acceptors (Lipinski definition) is 2. The Bertz CT molecular complexity index is 605. The van der Waals surface area contributed by atoms with Gasteiger partial charge in [-0.2, -0.15) is 0 Å². The van der Waals surface area contributed by atoms with E-state index in [1.54, 1.807) is 0 Å². The highest BCUT2D eigenvalue weighted by atomic mass is 35.5. The summed E-state index contributed by atoms with van der Waals surface area (Å²) in [5, 5.41) is 0. The summed E-state index contributed by atoms with van der Waals surface area (Å²) in [6.45, 7) is 0. The molecule has 8 atom stereocenters. The molecule has 0 aliphatic heterocycles. The van der Waals surface area contributed by atoms with Crippen molar-refractivity contribution in [3.8, 4) is 0 Å². The van der Waals surface area contributed by atoms with Gasteiger partial charge < -0.3 is 0 Å². The highest BCUT2D eigenvalue weighted by Crippen LogP contribution is 2.73. The number of fused-ring (bicyclic) bond motifs is 10. The van der Waals surface area contributed by atoms with E-state index in [2.05, 4.69) is 0 Å². The zero-order chi connectivity index (χ0) is 15.7. The second-order valence-corrected chi connectivity index (χ2v) is 9.56. The van der Waals surface area contributed by atoms with Crippen LogP contribution in [0.2, 0.25) is 0 Å². The Morgan fingerprint density at radius 1 is 0.636 bits per heavy atom. The zero-order valence-corrected chi connectivity index (χ0v) is 14.4. The Morgan fingerprint density at radius 2 is 0.864 bits per heavy atom. The van der Waals surface area contributed by atoms with Crippen molar-refractivity contribution in [2.45, 2.75) is 32.3 Å². The number of alkyl halides is 4. The highest BCUT2D eigenvalue weighted by Gasteiger charge is 2.87. The molecule has 5 aliphatic rings. The van der Waals surface area contributed by atoms with Gasteiger partial charge in [-0.3, -0.25) is 9.59 Å². The van der Waals surface area contributed by atoms with Crippen molar-refractivity contribution in [2.75, 3.05) is 0 Å². The number of ketones is 2. The molecule has 0 spiro atoms. The first kappa shape index (κ1) is 14.3. The topological polar surface area (TPSA) is 34.1 Å². The molecule has 5 aliphatic carbocycles. The fraction of sp³-hybridized carbons (Fsp3) is 0.625. The normalized spacial score (nSPS) is 63.6. The van der Waals surface area contributed by atoms with Crippen LogP contribution in [0.1, 0.15) is 12.8 Å². The van der Waals surface area contributed by atoms with Crippen molar-refractivity contribution in [2.24, 2.45) is 23.7 Å². The van der Waals surface area contributed by atoms with E-state index >= 15 is 0 Å². The lowest BCUT2D eigenvalue weighted by molar-refractivity contribution is -0.141. The first-order valence-corrected chi connectivity index (χ1v) is 8.96. The van der Waals surface area contributed by atoms with Gasteiger partial charge in [-0.05, 0) is 12.8 Å². The summed E-state index contributed by atoms with van der Waals surface area (Å²) in [6, 6.07) is 0. The second kappa shape index (κ2) is 3.64. The molecule has 4 bridgehead atoms. The minimum Gasteiger partial charge on any atom is -0.295 e. The molecule has 6 heteroatoms. The highest BCUT2D eigenvalue weighted by molar-refractivity contribution is 6.64. The number of rotatable bonds is 0. The number of Topliss-reactive ketones (excluding diaryl/α,β-unsaturated/α-hetero) is 2. The van der Waals surface area contributed by atoms with E-state index in [1.165, 1.54) is 0 Å². The predicted octanol–water partition coefficient (Wildman–Crippen LogP) is 3.46. The lowest BCUT2D eigenvalue weighted by Gasteiger charge is -2.56. The zero-order valence-electron chi connectivity index (χ0n) is 11.4. The van der Waals surface area contributed by atoms with Gasteiger partial charge in [-0.15, -0.1) is 46.4 Å². The number of carbonyl (C=O) groups excluding carboxylic acids is 2. The number of carbonyl (C=O) groups is 2. The third-order valence-corrected chi connectivity index (χ3v) is 9.79. The van der Waals surface area contributed by atoms with Gasteiger partial charge in [0.1, 0.15) is 19.5 Å². The third kappa shape index (κ3) is 1.02. The summed E-state index contributed by atoms with van der Waals surface area (Å²) >= 11 is 27.2. The average molecular weight is 378 g/mol. The van der Waals surface area contributed by atoms with E-state index in [9.17, 15) is 9.59 Å². The van der Waals surface area contributed by atoms with Crippen LogP contribution in [0.3, 0.4) is 0 Å². The van der Waals surface area contributed by atoms with Gasteiger partial charge in [-0.1, -0.05) is 24.3 Å². The van der Waals surface area contributed by atoms with Gasteiger partial charge in [0.05, 0.1) is 0 Å². The minimum absolute atomic E-state index is 0.256. The monoisotopic (exact) mass is 376 g/mol. The van der Waals surface area contributed by atoms with Crippen molar-refractivity contribution in [1.29, 1.82) is 0 Å². The Morgan fingerprint density at radius 3 is 1.09 bits per heavy atom. The smallest absolute Gasteiger partial charge is 0.180 e. The summed E-state index contributed by atoms with van der Waals surface area (Å²) in [4.78, 5) is 20.9. The predicted molar refractivity (Wildman–Crippen MR) is 85.8 cm³/mol. The van der Waals surface area contributed by atoms with Gasteiger partial charge >= 0.3 is 0 Å². The van der Waals surface area contributed by atoms with E-state index in [-0.39, 0.29) is 35.2 Å². The first-order chi connectivity index (χ1) is 10.2. The number of allylic oxidation sites excluding steroid dienone is 4. The Hall–Kier alpha value is -0.0200. The first-order valence-electron chi connectivity index (χ1n) is 7.45. The van der Waals surface area contributed by atoms with Gasteiger partial charge in [0.25, 0.3) is 0 Å². The maximum Gasteiger partial charge on any atom is 0.180 e. The van der Waals surface area contributed by atoms with Crippen LogP contribution >= 0.6 is 46.4 Å². The van der Waals surface area contributed by atoms with Crippen molar-refractivity contribution < 1.29 is 9.59 Å². The molecular weight excluding hydrogens is 366 g/mol. The van der Waals surface area contributed by atoms with Crippen molar-refractivity contribution in [3.63, 3.8) is 0 Å². The van der Waals surface area contributed by atoms with Crippen molar-refractivity contribution in [3.05, 3.63) is 24.3 Å². The summed E-state index contributed by atoms with van der Waals surface area (Å²) in [5.74, 6) is -1.74. The molecule has 2 nitrogen and oxygen atoms in total. The quantitative estimate of drug-likeness (QED) is 0.478. The number of hydrogen-bond donors (Lipinski definition) is 0. The van der Waals surface area contributed by atoms with Crippen LogP contribution in [0.15, 0.2) is 24.3 Å². The standard InChI is InChI=1S/C16H12Cl4O2/c17-13-7-1-2-8(5-7)14(13,18)12(22)16(20)10-4-3-9(6-10)15(16,19)11(13)21/h1-4,7-10H,5-6H2. The fourth-order valence-corrected chi connectivity index (χ4v) is 7.77. The molecule has 0 amide bonds. The molecule has 0 saturated heterocycles. The number of halogens is 4. The van der Waals surface area contributed by atoms with Gasteiger partial charge in [0.15, 0.2) is 11.6 Å². The van der Waals surface area contributed by atoms with Crippen molar-refractivity contribution >= 4 is 58.0 Å². The molecule has 116 valence electrons.